The standard InChI is InChI=1S/C8H12N2O2/c1-8(2,3)5-4-6(9)10-7(11)12-5/h4H,1-3H3,(H2,9,10,11). The minimum absolute atomic E-state index is 0.205. The summed E-state index contributed by atoms with van der Waals surface area (Å²) in [5.41, 5.74) is 5.17. The molecule has 0 spiro atoms. The van der Waals surface area contributed by atoms with Gasteiger partial charge in [0, 0.05) is 11.5 Å². The summed E-state index contributed by atoms with van der Waals surface area (Å²) >= 11 is 0. The van der Waals surface area contributed by atoms with Gasteiger partial charge in [0.05, 0.1) is 0 Å². The average molecular weight is 168 g/mol. The van der Waals surface area contributed by atoms with Crippen molar-refractivity contribution in [3.05, 3.63) is 22.4 Å². The molecular weight excluding hydrogens is 156 g/mol. The van der Waals surface area contributed by atoms with Gasteiger partial charge in [-0.05, 0) is 0 Å². The summed E-state index contributed by atoms with van der Waals surface area (Å²) in [7, 11) is 0. The lowest BCUT2D eigenvalue weighted by atomic mass is 9.93. The summed E-state index contributed by atoms with van der Waals surface area (Å²) in [6.07, 6.45) is 0. The van der Waals surface area contributed by atoms with Gasteiger partial charge in [0.1, 0.15) is 11.6 Å². The van der Waals surface area contributed by atoms with Gasteiger partial charge in [0.25, 0.3) is 0 Å². The molecule has 0 saturated heterocycles. The third kappa shape index (κ3) is 1.84. The highest BCUT2D eigenvalue weighted by Crippen LogP contribution is 2.20. The molecule has 0 amide bonds. The van der Waals surface area contributed by atoms with Crippen LogP contribution >= 0.6 is 0 Å². The van der Waals surface area contributed by atoms with Gasteiger partial charge in [-0.2, -0.15) is 4.98 Å². The number of nitrogens with two attached hydrogens (primary N) is 1. The predicted octanol–water partition coefficient (Wildman–Crippen LogP) is 0.915. The van der Waals surface area contributed by atoms with Gasteiger partial charge in [-0.15, -0.1) is 0 Å². The zero-order chi connectivity index (χ0) is 9.35. The van der Waals surface area contributed by atoms with E-state index in [4.69, 9.17) is 10.2 Å². The Morgan fingerprint density at radius 2 is 2.08 bits per heavy atom. The fourth-order valence-corrected chi connectivity index (χ4v) is 0.788. The van der Waals surface area contributed by atoms with Crippen LogP contribution in [0.25, 0.3) is 0 Å². The minimum atomic E-state index is -0.639. The van der Waals surface area contributed by atoms with Gasteiger partial charge in [0.15, 0.2) is 0 Å². The maximum absolute atomic E-state index is 10.8. The van der Waals surface area contributed by atoms with Gasteiger partial charge in [-0.1, -0.05) is 20.8 Å². The summed E-state index contributed by atoms with van der Waals surface area (Å²) in [6.45, 7) is 5.81. The molecule has 0 atom stereocenters. The van der Waals surface area contributed by atoms with E-state index in [2.05, 4.69) is 4.98 Å². The summed E-state index contributed by atoms with van der Waals surface area (Å²) < 4.78 is 4.88. The SMILES string of the molecule is CC(C)(C)c1cc(N)nc(=O)o1. The Labute approximate surface area is 70.4 Å². The van der Waals surface area contributed by atoms with E-state index in [0.29, 0.717) is 5.76 Å². The second-order valence-electron chi connectivity index (χ2n) is 3.66. The van der Waals surface area contributed by atoms with Crippen molar-refractivity contribution < 1.29 is 4.42 Å². The average Bonchev–Trinajstić information content (AvgIpc) is 1.82. The third-order valence-electron chi connectivity index (χ3n) is 1.44. The number of nitrogen functional groups attached to an aromatic ring is 1. The minimum Gasteiger partial charge on any atom is -0.412 e. The molecule has 1 rings (SSSR count). The highest BCUT2D eigenvalue weighted by atomic mass is 16.4. The Morgan fingerprint density at radius 1 is 1.50 bits per heavy atom. The van der Waals surface area contributed by atoms with E-state index in [0.717, 1.165) is 0 Å². The van der Waals surface area contributed by atoms with Crippen LogP contribution in [0, 0.1) is 0 Å². The van der Waals surface area contributed by atoms with Crippen molar-refractivity contribution in [1.29, 1.82) is 0 Å². The first-order chi connectivity index (χ1) is 5.39. The van der Waals surface area contributed by atoms with E-state index in [9.17, 15) is 4.79 Å². The number of rotatable bonds is 0. The van der Waals surface area contributed by atoms with Gasteiger partial charge in [-0.25, -0.2) is 4.79 Å². The topological polar surface area (TPSA) is 69.1 Å². The molecule has 0 aliphatic rings. The lowest BCUT2D eigenvalue weighted by Crippen LogP contribution is -2.17. The zero-order valence-corrected chi connectivity index (χ0v) is 7.42. The summed E-state index contributed by atoms with van der Waals surface area (Å²) in [5.74, 6) is 0.121. The van der Waals surface area contributed by atoms with E-state index in [-0.39, 0.29) is 11.2 Å². The quantitative estimate of drug-likeness (QED) is 0.625. The Kier molecular flexibility index (Phi) is 1.92. The summed E-state index contributed by atoms with van der Waals surface area (Å²) in [4.78, 5) is 14.2. The van der Waals surface area contributed by atoms with Crippen LogP contribution in [0.5, 0.6) is 0 Å². The first-order valence-corrected chi connectivity index (χ1v) is 3.68. The molecule has 66 valence electrons. The lowest BCUT2D eigenvalue weighted by Gasteiger charge is -2.15. The van der Waals surface area contributed by atoms with Gasteiger partial charge >= 0.3 is 5.76 Å². The van der Waals surface area contributed by atoms with Crippen LogP contribution in [-0.2, 0) is 5.41 Å². The van der Waals surface area contributed by atoms with Crippen LogP contribution in [0.2, 0.25) is 0 Å². The van der Waals surface area contributed by atoms with Crippen LogP contribution in [0.3, 0.4) is 0 Å². The molecule has 0 unspecified atom stereocenters. The Bertz CT molecular complexity index is 336. The van der Waals surface area contributed by atoms with E-state index in [1.165, 1.54) is 0 Å². The van der Waals surface area contributed by atoms with Crippen molar-refractivity contribution >= 4 is 5.82 Å². The highest BCUT2D eigenvalue weighted by Gasteiger charge is 2.17. The molecule has 0 aliphatic carbocycles. The van der Waals surface area contributed by atoms with Crippen LogP contribution in [0.15, 0.2) is 15.3 Å². The molecule has 0 aromatic carbocycles. The number of nitrogens with zero attached hydrogens (tertiary/aromatic N) is 1. The van der Waals surface area contributed by atoms with Crippen LogP contribution in [0.1, 0.15) is 26.5 Å². The predicted molar refractivity (Wildman–Crippen MR) is 45.9 cm³/mol. The summed E-state index contributed by atoms with van der Waals surface area (Å²) in [5, 5.41) is 0. The fourth-order valence-electron chi connectivity index (χ4n) is 0.788. The zero-order valence-electron chi connectivity index (χ0n) is 7.42. The number of hydrogen-bond acceptors (Lipinski definition) is 4. The van der Waals surface area contributed by atoms with E-state index < -0.39 is 5.76 Å². The second-order valence-corrected chi connectivity index (χ2v) is 3.66. The molecule has 12 heavy (non-hydrogen) atoms. The smallest absolute Gasteiger partial charge is 0.412 e. The molecule has 2 N–H and O–H groups in total. The third-order valence-corrected chi connectivity index (χ3v) is 1.44. The number of hydrogen-bond donors (Lipinski definition) is 1. The van der Waals surface area contributed by atoms with Crippen molar-refractivity contribution in [1.82, 2.24) is 4.98 Å². The van der Waals surface area contributed by atoms with Crippen molar-refractivity contribution in [3.8, 4) is 0 Å². The van der Waals surface area contributed by atoms with Crippen molar-refractivity contribution in [2.45, 2.75) is 26.2 Å². The van der Waals surface area contributed by atoms with Gasteiger partial charge in [-0.3, -0.25) is 0 Å². The first-order valence-electron chi connectivity index (χ1n) is 3.68. The van der Waals surface area contributed by atoms with Crippen LogP contribution < -0.4 is 11.5 Å². The highest BCUT2D eigenvalue weighted by molar-refractivity contribution is 5.28. The lowest BCUT2D eigenvalue weighted by molar-refractivity contribution is 0.365. The van der Waals surface area contributed by atoms with Gasteiger partial charge in [0.2, 0.25) is 0 Å². The fraction of sp³-hybridized carbons (Fsp3) is 0.500. The molecule has 0 radical (unpaired) electrons. The largest absolute Gasteiger partial charge is 0.440 e. The van der Waals surface area contributed by atoms with Crippen LogP contribution in [0.4, 0.5) is 5.82 Å². The Hall–Kier alpha value is -1.32. The normalized spacial score (nSPS) is 11.6. The Balaban J connectivity index is 3.27. The monoisotopic (exact) mass is 168 g/mol. The molecule has 4 nitrogen and oxygen atoms in total. The first kappa shape index (κ1) is 8.77. The molecule has 0 aliphatic heterocycles. The van der Waals surface area contributed by atoms with Crippen LogP contribution in [-0.4, -0.2) is 4.98 Å². The molecule has 1 aromatic heterocycles. The van der Waals surface area contributed by atoms with Crippen molar-refractivity contribution in [2.75, 3.05) is 5.73 Å². The number of anilines is 1. The molecule has 0 saturated carbocycles. The molecule has 0 bridgehead atoms. The molecule has 4 heteroatoms. The molecule has 1 heterocycles. The van der Waals surface area contributed by atoms with E-state index >= 15 is 0 Å². The van der Waals surface area contributed by atoms with E-state index in [1.54, 1.807) is 6.07 Å². The van der Waals surface area contributed by atoms with Gasteiger partial charge < -0.3 is 10.2 Å². The molecule has 1 aromatic rings. The van der Waals surface area contributed by atoms with Crippen molar-refractivity contribution in [2.24, 2.45) is 0 Å². The van der Waals surface area contributed by atoms with Crippen molar-refractivity contribution in [3.63, 3.8) is 0 Å². The second kappa shape index (κ2) is 2.62. The summed E-state index contributed by atoms with van der Waals surface area (Å²) in [6, 6.07) is 1.57. The maximum Gasteiger partial charge on any atom is 0.440 e. The Morgan fingerprint density at radius 3 is 2.50 bits per heavy atom. The maximum atomic E-state index is 10.8. The molecular formula is C8H12N2O2. The molecule has 0 fully saturated rings. The van der Waals surface area contributed by atoms with E-state index in [1.807, 2.05) is 20.8 Å². The number of aromatic nitrogens is 1.